The first-order valence-corrected chi connectivity index (χ1v) is 9.13. The van der Waals surface area contributed by atoms with E-state index in [0.717, 1.165) is 30.0 Å². The monoisotopic (exact) mass is 360 g/mol. The van der Waals surface area contributed by atoms with Crippen molar-refractivity contribution in [2.24, 2.45) is 5.92 Å². The molecule has 2 atom stereocenters. The van der Waals surface area contributed by atoms with Gasteiger partial charge in [0.1, 0.15) is 16.8 Å². The fourth-order valence-electron chi connectivity index (χ4n) is 2.76. The van der Waals surface area contributed by atoms with Gasteiger partial charge in [0, 0.05) is 18.5 Å². The number of nitrogens with one attached hydrogen (secondary N) is 1. The molecule has 0 saturated carbocycles. The maximum absolute atomic E-state index is 12.3. The Hall–Kier alpha value is -2.25. The number of carboxylic acids is 1. The van der Waals surface area contributed by atoms with Crippen molar-refractivity contribution in [3.63, 3.8) is 0 Å². The first-order chi connectivity index (χ1) is 12.1. The lowest BCUT2D eigenvalue weighted by atomic mass is 9.99. The first kappa shape index (κ1) is 17.6. The molecule has 1 aliphatic heterocycles. The van der Waals surface area contributed by atoms with Crippen molar-refractivity contribution >= 4 is 23.2 Å². The number of carboxylic acid groups (broad SMARTS) is 1. The Morgan fingerprint density at radius 1 is 1.36 bits per heavy atom. The average Bonchev–Trinajstić information content (AvgIpc) is 3.29. The number of aromatic nitrogens is 1. The number of amides is 1. The van der Waals surface area contributed by atoms with E-state index in [-0.39, 0.29) is 18.6 Å². The van der Waals surface area contributed by atoms with Gasteiger partial charge in [0.2, 0.25) is 0 Å². The van der Waals surface area contributed by atoms with E-state index in [0.29, 0.717) is 12.1 Å². The maximum atomic E-state index is 12.3. The number of hydrogen-bond acceptors (Lipinski definition) is 5. The fraction of sp³-hybridized carbons (Fsp3) is 0.389. The second-order valence-electron chi connectivity index (χ2n) is 6.01. The predicted octanol–water partition coefficient (Wildman–Crippen LogP) is 2.67. The fourth-order valence-corrected chi connectivity index (χ4v) is 3.64. The normalized spacial score (nSPS) is 18.0. The van der Waals surface area contributed by atoms with E-state index in [1.54, 1.807) is 5.38 Å². The van der Waals surface area contributed by atoms with Crippen LogP contribution in [0.3, 0.4) is 0 Å². The van der Waals surface area contributed by atoms with Crippen LogP contribution < -0.4 is 5.32 Å². The number of ether oxygens (including phenoxy) is 1. The number of benzene rings is 1. The molecule has 7 heteroatoms. The molecule has 1 amide bonds. The van der Waals surface area contributed by atoms with Crippen molar-refractivity contribution in [1.82, 2.24) is 10.3 Å². The van der Waals surface area contributed by atoms with Crippen molar-refractivity contribution in [3.8, 4) is 0 Å². The Kier molecular flexibility index (Phi) is 5.78. The Balaban J connectivity index is 1.57. The van der Waals surface area contributed by atoms with Crippen LogP contribution >= 0.6 is 11.3 Å². The van der Waals surface area contributed by atoms with Crippen molar-refractivity contribution < 1.29 is 19.4 Å². The van der Waals surface area contributed by atoms with E-state index in [1.165, 1.54) is 11.3 Å². The Morgan fingerprint density at radius 2 is 2.16 bits per heavy atom. The van der Waals surface area contributed by atoms with E-state index >= 15 is 0 Å². The molecule has 6 nitrogen and oxygen atoms in total. The van der Waals surface area contributed by atoms with Crippen LogP contribution in [0, 0.1) is 5.92 Å². The quantitative estimate of drug-likeness (QED) is 0.792. The molecule has 0 radical (unpaired) electrons. The van der Waals surface area contributed by atoms with E-state index < -0.39 is 11.9 Å². The highest BCUT2D eigenvalue weighted by Gasteiger charge is 2.23. The SMILES string of the molecule is O=C(NCC(Cc1ccccc1)C(=O)O)c1csc(C2CCCO2)n1. The molecule has 2 N–H and O–H groups in total. The summed E-state index contributed by atoms with van der Waals surface area (Å²) in [7, 11) is 0. The van der Waals surface area contributed by atoms with Crippen molar-refractivity contribution in [2.75, 3.05) is 13.2 Å². The third kappa shape index (κ3) is 4.64. The summed E-state index contributed by atoms with van der Waals surface area (Å²) in [4.78, 5) is 28.0. The summed E-state index contributed by atoms with van der Waals surface area (Å²) in [6.07, 6.45) is 2.28. The number of hydrogen-bond donors (Lipinski definition) is 2. The summed E-state index contributed by atoms with van der Waals surface area (Å²) in [6.45, 7) is 0.793. The van der Waals surface area contributed by atoms with Gasteiger partial charge in [-0.25, -0.2) is 4.98 Å². The lowest BCUT2D eigenvalue weighted by Gasteiger charge is -2.13. The highest BCUT2D eigenvalue weighted by molar-refractivity contribution is 7.09. The van der Waals surface area contributed by atoms with Crippen molar-refractivity contribution in [3.05, 3.63) is 52.0 Å². The molecule has 0 aliphatic carbocycles. The van der Waals surface area contributed by atoms with Crippen LogP contribution in [-0.2, 0) is 16.0 Å². The van der Waals surface area contributed by atoms with Crippen LogP contribution in [0.25, 0.3) is 0 Å². The summed E-state index contributed by atoms with van der Waals surface area (Å²) in [5, 5.41) is 14.6. The zero-order chi connectivity index (χ0) is 17.6. The smallest absolute Gasteiger partial charge is 0.308 e. The zero-order valence-electron chi connectivity index (χ0n) is 13.7. The minimum absolute atomic E-state index is 0.0172. The van der Waals surface area contributed by atoms with E-state index in [9.17, 15) is 14.7 Å². The summed E-state index contributed by atoms with van der Waals surface area (Å²) < 4.78 is 5.57. The van der Waals surface area contributed by atoms with Gasteiger partial charge in [-0.2, -0.15) is 0 Å². The number of aliphatic carboxylic acids is 1. The average molecular weight is 360 g/mol. The molecular weight excluding hydrogens is 340 g/mol. The summed E-state index contributed by atoms with van der Waals surface area (Å²) in [5.41, 5.74) is 1.25. The molecule has 1 aromatic heterocycles. The van der Waals surface area contributed by atoms with Gasteiger partial charge in [-0.1, -0.05) is 30.3 Å². The van der Waals surface area contributed by atoms with Crippen LogP contribution in [0.4, 0.5) is 0 Å². The van der Waals surface area contributed by atoms with Crippen molar-refractivity contribution in [1.29, 1.82) is 0 Å². The molecule has 3 rings (SSSR count). The topological polar surface area (TPSA) is 88.5 Å². The van der Waals surface area contributed by atoms with Crippen LogP contribution in [0.2, 0.25) is 0 Å². The summed E-state index contributed by atoms with van der Waals surface area (Å²) in [5.74, 6) is -1.95. The predicted molar refractivity (Wildman–Crippen MR) is 93.6 cm³/mol. The molecule has 2 aromatic rings. The molecule has 25 heavy (non-hydrogen) atoms. The lowest BCUT2D eigenvalue weighted by Crippen LogP contribution is -2.34. The summed E-state index contributed by atoms with van der Waals surface area (Å²) >= 11 is 1.41. The minimum Gasteiger partial charge on any atom is -0.481 e. The molecule has 2 unspecified atom stereocenters. The second-order valence-corrected chi connectivity index (χ2v) is 6.90. The van der Waals surface area contributed by atoms with Gasteiger partial charge < -0.3 is 15.2 Å². The van der Waals surface area contributed by atoms with Gasteiger partial charge in [-0.05, 0) is 24.8 Å². The minimum atomic E-state index is -0.928. The molecule has 2 heterocycles. The third-order valence-electron chi connectivity index (χ3n) is 4.14. The second kappa shape index (κ2) is 8.22. The molecule has 1 aliphatic rings. The number of carbonyl (C=O) groups excluding carboxylic acids is 1. The Bertz CT molecular complexity index is 726. The van der Waals surface area contributed by atoms with Gasteiger partial charge >= 0.3 is 5.97 Å². The van der Waals surface area contributed by atoms with Crippen LogP contribution in [-0.4, -0.2) is 35.1 Å². The Morgan fingerprint density at radius 3 is 2.84 bits per heavy atom. The maximum Gasteiger partial charge on any atom is 0.308 e. The molecule has 1 aromatic carbocycles. The van der Waals surface area contributed by atoms with Crippen LogP contribution in [0.1, 0.15) is 40.0 Å². The van der Waals surface area contributed by atoms with Gasteiger partial charge in [-0.15, -0.1) is 11.3 Å². The molecule has 1 saturated heterocycles. The highest BCUT2D eigenvalue weighted by Crippen LogP contribution is 2.30. The standard InChI is InChI=1S/C18H20N2O4S/c21-16(14-11-25-17(20-14)15-7-4-8-24-15)19-10-13(18(22)23)9-12-5-2-1-3-6-12/h1-3,5-6,11,13,15H,4,7-10H2,(H,19,21)(H,22,23). The summed E-state index contributed by atoms with van der Waals surface area (Å²) in [6, 6.07) is 9.39. The Labute approximate surface area is 149 Å². The number of carbonyl (C=O) groups is 2. The number of rotatable bonds is 7. The third-order valence-corrected chi connectivity index (χ3v) is 5.08. The molecule has 0 spiro atoms. The van der Waals surface area contributed by atoms with Gasteiger partial charge in [0.15, 0.2) is 0 Å². The van der Waals surface area contributed by atoms with E-state index in [4.69, 9.17) is 4.74 Å². The van der Waals surface area contributed by atoms with E-state index in [1.807, 2.05) is 30.3 Å². The van der Waals surface area contributed by atoms with Crippen LogP contribution in [0.15, 0.2) is 35.7 Å². The molecule has 132 valence electrons. The molecule has 1 fully saturated rings. The molecule has 0 bridgehead atoms. The zero-order valence-corrected chi connectivity index (χ0v) is 14.5. The van der Waals surface area contributed by atoms with Crippen LogP contribution in [0.5, 0.6) is 0 Å². The van der Waals surface area contributed by atoms with Gasteiger partial charge in [-0.3, -0.25) is 9.59 Å². The van der Waals surface area contributed by atoms with Gasteiger partial charge in [0.05, 0.1) is 5.92 Å². The number of thiazole rings is 1. The van der Waals surface area contributed by atoms with E-state index in [2.05, 4.69) is 10.3 Å². The largest absolute Gasteiger partial charge is 0.481 e. The molecular formula is C18H20N2O4S. The highest BCUT2D eigenvalue weighted by atomic mass is 32.1. The number of nitrogens with zero attached hydrogens (tertiary/aromatic N) is 1. The lowest BCUT2D eigenvalue weighted by molar-refractivity contribution is -0.141. The van der Waals surface area contributed by atoms with Gasteiger partial charge in [0.25, 0.3) is 5.91 Å². The first-order valence-electron chi connectivity index (χ1n) is 8.25. The van der Waals surface area contributed by atoms with Crippen molar-refractivity contribution in [2.45, 2.75) is 25.4 Å².